The number of aromatic nitrogens is 2. The average Bonchev–Trinajstić information content (AvgIpc) is 2.99. The van der Waals surface area contributed by atoms with Gasteiger partial charge in [0.2, 0.25) is 5.91 Å². The number of hydrogen-bond acceptors (Lipinski definition) is 4. The van der Waals surface area contributed by atoms with Crippen LogP contribution in [0.2, 0.25) is 0 Å². The van der Waals surface area contributed by atoms with E-state index in [4.69, 9.17) is 0 Å². The van der Waals surface area contributed by atoms with Crippen LogP contribution in [-0.4, -0.2) is 46.3 Å². The molecule has 2 aliphatic rings. The molecule has 0 unspecified atom stereocenters. The monoisotopic (exact) mass is 336 g/mol. The van der Waals surface area contributed by atoms with Gasteiger partial charge in [0.25, 0.3) is 5.91 Å². The van der Waals surface area contributed by atoms with Gasteiger partial charge in [-0.25, -0.2) is 4.98 Å². The fraction of sp³-hybridized carbons (Fsp3) is 0.368. The van der Waals surface area contributed by atoms with E-state index in [1.165, 1.54) is 18.0 Å². The lowest BCUT2D eigenvalue weighted by Crippen LogP contribution is -2.48. The Bertz CT molecular complexity index is 771. The maximum atomic E-state index is 12.6. The number of hydrogen-bond donors (Lipinski definition) is 1. The molecule has 3 heterocycles. The van der Waals surface area contributed by atoms with Gasteiger partial charge in [-0.15, -0.1) is 0 Å². The molecule has 1 N–H and O–H groups in total. The lowest BCUT2D eigenvalue weighted by molar-refractivity contribution is -0.130. The number of likely N-dealkylation sites (tertiary alicyclic amines) is 1. The topological polar surface area (TPSA) is 75.2 Å². The number of nitrogens with one attached hydrogen (secondary N) is 1. The predicted octanol–water partition coefficient (Wildman–Crippen LogP) is 1.61. The van der Waals surface area contributed by atoms with E-state index in [9.17, 15) is 9.59 Å². The molecular formula is C19H20N4O2. The summed E-state index contributed by atoms with van der Waals surface area (Å²) in [5, 5.41) is 3.04. The first-order chi connectivity index (χ1) is 12.2. The number of nitrogens with zero attached hydrogens (tertiary/aromatic N) is 3. The minimum Gasteiger partial charge on any atom is -0.355 e. The molecule has 6 heteroatoms. The van der Waals surface area contributed by atoms with Gasteiger partial charge in [-0.2, -0.15) is 0 Å². The zero-order valence-corrected chi connectivity index (χ0v) is 13.9. The Kier molecular flexibility index (Phi) is 3.95. The van der Waals surface area contributed by atoms with E-state index in [-0.39, 0.29) is 17.7 Å². The first-order valence-corrected chi connectivity index (χ1v) is 8.59. The Hall–Kier alpha value is -2.76. The van der Waals surface area contributed by atoms with E-state index in [1.54, 1.807) is 11.1 Å². The minimum atomic E-state index is -0.416. The fourth-order valence-electron chi connectivity index (χ4n) is 4.10. The molecule has 1 aromatic heterocycles. The van der Waals surface area contributed by atoms with Crippen LogP contribution < -0.4 is 5.32 Å². The molecule has 0 aliphatic carbocycles. The third-order valence-corrected chi connectivity index (χ3v) is 5.51. The van der Waals surface area contributed by atoms with Gasteiger partial charge in [0, 0.05) is 37.9 Å². The van der Waals surface area contributed by atoms with Gasteiger partial charge < -0.3 is 10.2 Å². The lowest BCUT2D eigenvalue weighted by Gasteiger charge is -2.40. The van der Waals surface area contributed by atoms with E-state index < -0.39 is 5.41 Å². The van der Waals surface area contributed by atoms with Crippen molar-refractivity contribution in [2.24, 2.45) is 5.41 Å². The molecule has 2 aliphatic heterocycles. The van der Waals surface area contributed by atoms with Crippen LogP contribution in [0.15, 0.2) is 48.9 Å². The van der Waals surface area contributed by atoms with Crippen LogP contribution in [0, 0.1) is 5.41 Å². The Morgan fingerprint density at radius 1 is 1.16 bits per heavy atom. The van der Waals surface area contributed by atoms with Crippen molar-refractivity contribution in [3.63, 3.8) is 0 Å². The van der Waals surface area contributed by atoms with Crippen molar-refractivity contribution < 1.29 is 9.59 Å². The first-order valence-electron chi connectivity index (χ1n) is 8.59. The quantitative estimate of drug-likeness (QED) is 0.904. The van der Waals surface area contributed by atoms with Crippen LogP contribution in [0.25, 0.3) is 0 Å². The Balaban J connectivity index is 1.53. The van der Waals surface area contributed by atoms with Gasteiger partial charge >= 0.3 is 0 Å². The van der Waals surface area contributed by atoms with Crippen LogP contribution in [0.1, 0.15) is 34.8 Å². The maximum absolute atomic E-state index is 12.6. The molecule has 2 saturated heterocycles. The van der Waals surface area contributed by atoms with Crippen LogP contribution in [-0.2, 0) is 4.79 Å². The van der Waals surface area contributed by atoms with E-state index in [1.807, 2.05) is 18.2 Å². The Morgan fingerprint density at radius 2 is 1.92 bits per heavy atom. The summed E-state index contributed by atoms with van der Waals surface area (Å²) < 4.78 is 0. The van der Waals surface area contributed by atoms with Crippen molar-refractivity contribution in [2.45, 2.75) is 18.8 Å². The first kappa shape index (κ1) is 15.7. The molecule has 128 valence electrons. The molecule has 0 radical (unpaired) electrons. The summed E-state index contributed by atoms with van der Waals surface area (Å²) in [5.41, 5.74) is 1.13. The molecule has 2 fully saturated rings. The maximum Gasteiger partial charge on any atom is 0.274 e. The fourth-order valence-corrected chi connectivity index (χ4v) is 4.10. The van der Waals surface area contributed by atoms with Crippen molar-refractivity contribution >= 4 is 11.8 Å². The van der Waals surface area contributed by atoms with Crippen LogP contribution in [0.3, 0.4) is 0 Å². The molecule has 25 heavy (non-hydrogen) atoms. The van der Waals surface area contributed by atoms with Crippen molar-refractivity contribution in [1.82, 2.24) is 20.2 Å². The second-order valence-corrected chi connectivity index (χ2v) is 6.71. The van der Waals surface area contributed by atoms with Crippen molar-refractivity contribution in [3.05, 3.63) is 60.2 Å². The predicted molar refractivity (Wildman–Crippen MR) is 91.8 cm³/mol. The number of piperidine rings is 1. The highest BCUT2D eigenvalue weighted by Gasteiger charge is 2.52. The number of rotatable bonds is 2. The van der Waals surface area contributed by atoms with Gasteiger partial charge in [-0.1, -0.05) is 30.3 Å². The lowest BCUT2D eigenvalue weighted by atomic mass is 9.68. The summed E-state index contributed by atoms with van der Waals surface area (Å²) in [6.45, 7) is 1.79. The van der Waals surface area contributed by atoms with Crippen molar-refractivity contribution in [3.8, 4) is 0 Å². The Morgan fingerprint density at radius 3 is 2.60 bits per heavy atom. The molecule has 1 spiro atoms. The van der Waals surface area contributed by atoms with Gasteiger partial charge in [-0.05, 0) is 18.4 Å². The number of carbonyl (C=O) groups is 2. The average molecular weight is 336 g/mol. The summed E-state index contributed by atoms with van der Waals surface area (Å²) in [5.74, 6) is 0.167. The normalized spacial score (nSPS) is 22.0. The molecule has 0 bridgehead atoms. The van der Waals surface area contributed by atoms with Gasteiger partial charge in [-0.3, -0.25) is 14.6 Å². The number of amides is 2. The summed E-state index contributed by atoms with van der Waals surface area (Å²) in [6, 6.07) is 10.2. The van der Waals surface area contributed by atoms with E-state index in [0.29, 0.717) is 38.2 Å². The van der Waals surface area contributed by atoms with Crippen LogP contribution in [0.4, 0.5) is 0 Å². The molecule has 1 aromatic carbocycles. The van der Waals surface area contributed by atoms with E-state index in [0.717, 1.165) is 0 Å². The van der Waals surface area contributed by atoms with Gasteiger partial charge in [0.1, 0.15) is 5.69 Å². The highest BCUT2D eigenvalue weighted by atomic mass is 16.2. The zero-order chi connectivity index (χ0) is 17.3. The second-order valence-electron chi connectivity index (χ2n) is 6.71. The highest BCUT2D eigenvalue weighted by Crippen LogP contribution is 2.47. The van der Waals surface area contributed by atoms with E-state index in [2.05, 4.69) is 27.4 Å². The summed E-state index contributed by atoms with van der Waals surface area (Å²) in [7, 11) is 0. The SMILES string of the molecule is O=C(c1cnccn1)N1CCC2(CC1)C(=O)NC[C@H]2c1ccccc1. The van der Waals surface area contributed by atoms with E-state index >= 15 is 0 Å². The molecular weight excluding hydrogens is 316 g/mol. The van der Waals surface area contributed by atoms with Crippen LogP contribution in [0.5, 0.6) is 0 Å². The number of carbonyl (C=O) groups excluding carboxylic acids is 2. The summed E-state index contributed by atoms with van der Waals surface area (Å²) in [4.78, 5) is 35.0. The molecule has 6 nitrogen and oxygen atoms in total. The van der Waals surface area contributed by atoms with Gasteiger partial charge in [0.15, 0.2) is 0 Å². The molecule has 2 aromatic rings. The molecule has 2 amide bonds. The second kappa shape index (κ2) is 6.27. The van der Waals surface area contributed by atoms with Gasteiger partial charge in [0.05, 0.1) is 11.6 Å². The highest BCUT2D eigenvalue weighted by molar-refractivity contribution is 5.92. The van der Waals surface area contributed by atoms with Crippen LogP contribution >= 0.6 is 0 Å². The molecule has 0 saturated carbocycles. The standard InChI is InChI=1S/C19H20N4O2/c24-17(16-13-20-8-9-21-16)23-10-6-19(7-11-23)15(12-22-18(19)25)14-4-2-1-3-5-14/h1-5,8-9,13,15H,6-7,10-12H2,(H,22,25)/t15-/m0/s1. The summed E-state index contributed by atoms with van der Waals surface area (Å²) >= 11 is 0. The zero-order valence-electron chi connectivity index (χ0n) is 13.9. The third-order valence-electron chi connectivity index (χ3n) is 5.51. The molecule has 1 atom stereocenters. The molecule has 4 rings (SSSR count). The minimum absolute atomic E-state index is 0.113. The largest absolute Gasteiger partial charge is 0.355 e. The van der Waals surface area contributed by atoms with Crippen molar-refractivity contribution in [1.29, 1.82) is 0 Å². The third kappa shape index (κ3) is 2.67. The van der Waals surface area contributed by atoms with Crippen molar-refractivity contribution in [2.75, 3.05) is 19.6 Å². The summed E-state index contributed by atoms with van der Waals surface area (Å²) in [6.07, 6.45) is 5.90. The number of benzene rings is 1. The Labute approximate surface area is 146 Å². The smallest absolute Gasteiger partial charge is 0.274 e.